The number of urea groups is 1. The first-order valence-corrected chi connectivity index (χ1v) is 12.3. The van der Waals surface area contributed by atoms with Crippen LogP contribution in [0, 0.1) is 0 Å². The molecular formula is C29H26F3N3O5. The Morgan fingerprint density at radius 3 is 2.38 bits per heavy atom. The van der Waals surface area contributed by atoms with Gasteiger partial charge in [-0.15, -0.1) is 0 Å². The van der Waals surface area contributed by atoms with Crippen LogP contribution in [0.5, 0.6) is 11.5 Å². The van der Waals surface area contributed by atoms with Crippen LogP contribution in [0.4, 0.5) is 23.7 Å². The maximum Gasteiger partial charge on any atom is 0.416 e. The third-order valence-corrected chi connectivity index (χ3v) is 5.95. The number of halogens is 3. The molecule has 3 aromatic rings. The van der Waals surface area contributed by atoms with Crippen LogP contribution in [0.15, 0.2) is 78.4 Å². The third-order valence-electron chi connectivity index (χ3n) is 5.95. The number of amides is 3. The van der Waals surface area contributed by atoms with Gasteiger partial charge in [0.15, 0.2) is 23.9 Å². The lowest BCUT2D eigenvalue weighted by atomic mass is 9.90. The van der Waals surface area contributed by atoms with Crippen LogP contribution in [0.3, 0.4) is 0 Å². The van der Waals surface area contributed by atoms with E-state index in [2.05, 4.69) is 16.0 Å². The summed E-state index contributed by atoms with van der Waals surface area (Å²) in [4.78, 5) is 37.7. The zero-order valence-electron chi connectivity index (χ0n) is 21.6. The quantitative estimate of drug-likeness (QED) is 0.326. The van der Waals surface area contributed by atoms with Gasteiger partial charge in [0.05, 0.1) is 23.9 Å². The number of benzene rings is 3. The number of hydrogen-bond donors (Lipinski definition) is 3. The lowest BCUT2D eigenvalue weighted by Gasteiger charge is -2.30. The molecule has 0 unspecified atom stereocenters. The minimum absolute atomic E-state index is 0.0248. The first-order chi connectivity index (χ1) is 19.1. The number of Topliss-reactive ketones (excluding diaryl/α,β-unsaturated/α-hetero) is 1. The molecule has 0 radical (unpaired) electrons. The fourth-order valence-corrected chi connectivity index (χ4v) is 4.23. The number of rotatable bonds is 9. The fraction of sp³-hybridized carbons (Fsp3) is 0.207. The highest BCUT2D eigenvalue weighted by Gasteiger charge is 2.32. The molecule has 1 atom stereocenters. The van der Waals surface area contributed by atoms with E-state index in [-0.39, 0.29) is 29.6 Å². The number of anilines is 1. The molecule has 0 aliphatic carbocycles. The van der Waals surface area contributed by atoms with Crippen molar-refractivity contribution in [1.29, 1.82) is 0 Å². The second kappa shape index (κ2) is 11.9. The molecule has 8 nitrogen and oxygen atoms in total. The second-order valence-corrected chi connectivity index (χ2v) is 8.80. The van der Waals surface area contributed by atoms with Crippen molar-refractivity contribution in [1.82, 2.24) is 10.6 Å². The van der Waals surface area contributed by atoms with Crippen molar-refractivity contribution in [2.24, 2.45) is 0 Å². The summed E-state index contributed by atoms with van der Waals surface area (Å²) in [6, 6.07) is 16.7. The van der Waals surface area contributed by atoms with Crippen molar-refractivity contribution < 1.29 is 37.0 Å². The number of ketones is 1. The van der Waals surface area contributed by atoms with Gasteiger partial charge in [0.25, 0.3) is 5.91 Å². The van der Waals surface area contributed by atoms with Crippen LogP contribution in [0.1, 0.15) is 36.6 Å². The number of carbonyl (C=O) groups excluding carboxylic acids is 3. The molecule has 3 N–H and O–H groups in total. The largest absolute Gasteiger partial charge is 0.490 e. The molecule has 0 fully saturated rings. The van der Waals surface area contributed by atoms with Gasteiger partial charge in [-0.3, -0.25) is 9.59 Å². The van der Waals surface area contributed by atoms with Gasteiger partial charge in [-0.25, -0.2) is 4.79 Å². The molecule has 1 heterocycles. The van der Waals surface area contributed by atoms with Gasteiger partial charge in [-0.2, -0.15) is 13.2 Å². The molecule has 0 spiro atoms. The van der Waals surface area contributed by atoms with Crippen LogP contribution in [-0.4, -0.2) is 30.9 Å². The maximum atomic E-state index is 13.0. The standard InChI is InChI=1S/C29H26F3N3O5/c1-3-39-23-14-19(27-25(17(2)36)26(34-28(38)35-27)18-8-5-4-6-9-18)12-13-22(23)40-16-24(37)33-21-11-7-10-20(15-21)29(30,31)32/h4-15,27H,3,16H2,1-2H3,(H,33,37)(H2,34,35,38)/t27-/m1/s1. The first-order valence-electron chi connectivity index (χ1n) is 12.3. The summed E-state index contributed by atoms with van der Waals surface area (Å²) in [5.74, 6) is -0.475. The average Bonchev–Trinajstić information content (AvgIpc) is 2.92. The number of ether oxygens (including phenoxy) is 2. The smallest absolute Gasteiger partial charge is 0.416 e. The minimum atomic E-state index is -4.54. The zero-order valence-corrected chi connectivity index (χ0v) is 21.6. The highest BCUT2D eigenvalue weighted by atomic mass is 19.4. The Morgan fingerprint density at radius 2 is 1.70 bits per heavy atom. The topological polar surface area (TPSA) is 106 Å². The average molecular weight is 554 g/mol. The Bertz CT molecular complexity index is 1450. The van der Waals surface area contributed by atoms with Crippen molar-refractivity contribution in [3.63, 3.8) is 0 Å². The molecule has 3 amide bonds. The molecule has 0 saturated carbocycles. The minimum Gasteiger partial charge on any atom is -0.490 e. The molecule has 40 heavy (non-hydrogen) atoms. The van der Waals surface area contributed by atoms with Gasteiger partial charge in [-0.1, -0.05) is 42.5 Å². The Labute approximate surface area is 228 Å². The van der Waals surface area contributed by atoms with Gasteiger partial charge in [0.2, 0.25) is 0 Å². The van der Waals surface area contributed by atoms with Crippen molar-refractivity contribution >= 4 is 29.1 Å². The third kappa shape index (κ3) is 6.60. The SMILES string of the molecule is CCOc1cc([C@H]2NC(=O)NC(c3ccccc3)=C2C(C)=O)ccc1OCC(=O)Nc1cccc(C(F)(F)F)c1. The van der Waals surface area contributed by atoms with Crippen molar-refractivity contribution in [3.05, 3.63) is 95.1 Å². The first kappa shape index (κ1) is 28.2. The van der Waals surface area contributed by atoms with E-state index < -0.39 is 36.3 Å². The van der Waals surface area contributed by atoms with Crippen molar-refractivity contribution in [2.75, 3.05) is 18.5 Å². The Hall–Kier alpha value is -4.80. The van der Waals surface area contributed by atoms with E-state index in [9.17, 15) is 27.6 Å². The highest BCUT2D eigenvalue weighted by Crippen LogP contribution is 2.36. The number of nitrogens with one attached hydrogen (secondary N) is 3. The highest BCUT2D eigenvalue weighted by molar-refractivity contribution is 6.07. The summed E-state index contributed by atoms with van der Waals surface area (Å²) in [5.41, 5.74) is 1.04. The van der Waals surface area contributed by atoms with E-state index >= 15 is 0 Å². The summed E-state index contributed by atoms with van der Waals surface area (Å²) in [7, 11) is 0. The van der Waals surface area contributed by atoms with E-state index in [1.165, 1.54) is 25.1 Å². The molecule has 0 bridgehead atoms. The van der Waals surface area contributed by atoms with Gasteiger partial charge < -0.3 is 25.4 Å². The molecule has 0 saturated heterocycles. The van der Waals surface area contributed by atoms with Crippen molar-refractivity contribution in [3.8, 4) is 11.5 Å². The van der Waals surface area contributed by atoms with Crippen LogP contribution in [-0.2, 0) is 15.8 Å². The molecule has 1 aliphatic rings. The molecule has 1 aliphatic heterocycles. The van der Waals surface area contributed by atoms with Gasteiger partial charge in [0, 0.05) is 11.3 Å². The fourth-order valence-electron chi connectivity index (χ4n) is 4.23. The number of hydrogen-bond acceptors (Lipinski definition) is 5. The molecule has 11 heteroatoms. The molecule has 0 aromatic heterocycles. The second-order valence-electron chi connectivity index (χ2n) is 8.80. The lowest BCUT2D eigenvalue weighted by Crippen LogP contribution is -2.44. The summed E-state index contributed by atoms with van der Waals surface area (Å²) in [6.07, 6.45) is -4.54. The lowest BCUT2D eigenvalue weighted by molar-refractivity contribution is -0.137. The van der Waals surface area contributed by atoms with E-state index in [4.69, 9.17) is 9.47 Å². The van der Waals surface area contributed by atoms with Crippen LogP contribution in [0.25, 0.3) is 5.70 Å². The summed E-state index contributed by atoms with van der Waals surface area (Å²) in [5, 5.41) is 7.88. The number of carbonyl (C=O) groups is 3. The van der Waals surface area contributed by atoms with E-state index in [1.807, 2.05) is 6.07 Å². The predicted octanol–water partition coefficient (Wildman–Crippen LogP) is 5.48. The molecule has 208 valence electrons. The van der Waals surface area contributed by atoms with Crippen LogP contribution in [0.2, 0.25) is 0 Å². The summed E-state index contributed by atoms with van der Waals surface area (Å²) >= 11 is 0. The van der Waals surface area contributed by atoms with E-state index in [1.54, 1.807) is 43.3 Å². The monoisotopic (exact) mass is 553 g/mol. The van der Waals surface area contributed by atoms with E-state index in [0.29, 0.717) is 22.4 Å². The summed E-state index contributed by atoms with van der Waals surface area (Å²) < 4.78 is 50.2. The Kier molecular flexibility index (Phi) is 8.42. The van der Waals surface area contributed by atoms with Gasteiger partial charge >= 0.3 is 12.2 Å². The Morgan fingerprint density at radius 1 is 0.950 bits per heavy atom. The van der Waals surface area contributed by atoms with Crippen LogP contribution < -0.4 is 25.4 Å². The van der Waals surface area contributed by atoms with Crippen molar-refractivity contribution in [2.45, 2.75) is 26.1 Å². The normalized spacial score (nSPS) is 15.1. The molecule has 3 aromatic carbocycles. The number of alkyl halides is 3. The van der Waals surface area contributed by atoms with Crippen LogP contribution >= 0.6 is 0 Å². The zero-order chi connectivity index (χ0) is 28.9. The maximum absolute atomic E-state index is 13.0. The van der Waals surface area contributed by atoms with E-state index in [0.717, 1.165) is 12.1 Å². The molecule has 4 rings (SSSR count). The Balaban J connectivity index is 1.57. The summed E-state index contributed by atoms with van der Waals surface area (Å²) in [6.45, 7) is 2.90. The predicted molar refractivity (Wildman–Crippen MR) is 142 cm³/mol. The van der Waals surface area contributed by atoms with Gasteiger partial charge in [-0.05, 0) is 55.3 Å². The van der Waals surface area contributed by atoms with Gasteiger partial charge in [0.1, 0.15) is 0 Å². The molecular weight excluding hydrogens is 527 g/mol.